The molecule has 2 aromatic rings. The predicted molar refractivity (Wildman–Crippen MR) is 89.0 cm³/mol. The number of nitrogens with one attached hydrogen (secondary N) is 1. The second-order valence-corrected chi connectivity index (χ2v) is 7.23. The van der Waals surface area contributed by atoms with Crippen molar-refractivity contribution in [3.8, 4) is 10.4 Å². The minimum Gasteiger partial charge on any atom is -0.320 e. The van der Waals surface area contributed by atoms with Crippen LogP contribution in [0.3, 0.4) is 0 Å². The molecule has 0 aliphatic rings. The summed E-state index contributed by atoms with van der Waals surface area (Å²) in [6, 6.07) is 1.60. The molecule has 0 amide bonds. The summed E-state index contributed by atoms with van der Waals surface area (Å²) < 4.78 is 77.8. The molecule has 0 aliphatic heterocycles. The van der Waals surface area contributed by atoms with Gasteiger partial charge in [-0.25, -0.2) is 4.98 Å². The van der Waals surface area contributed by atoms with Crippen molar-refractivity contribution in [3.63, 3.8) is 0 Å². The van der Waals surface area contributed by atoms with Gasteiger partial charge in [-0.15, -0.1) is 11.3 Å². The van der Waals surface area contributed by atoms with Crippen LogP contribution >= 0.6 is 11.3 Å². The Balaban J connectivity index is 2.33. The van der Waals surface area contributed by atoms with Gasteiger partial charge in [-0.2, -0.15) is 26.3 Å². The summed E-state index contributed by atoms with van der Waals surface area (Å²) in [5.74, 6) is 0.300. The third-order valence-corrected chi connectivity index (χ3v) is 4.90. The Morgan fingerprint density at radius 2 is 1.62 bits per heavy atom. The van der Waals surface area contributed by atoms with Gasteiger partial charge < -0.3 is 5.32 Å². The zero-order valence-corrected chi connectivity index (χ0v) is 14.9. The molecule has 144 valence electrons. The fraction of sp³-hybridized carbons (Fsp3) is 0.471. The van der Waals surface area contributed by atoms with Crippen molar-refractivity contribution in [1.82, 2.24) is 10.3 Å². The van der Waals surface area contributed by atoms with Gasteiger partial charge in [0.05, 0.1) is 21.0 Å². The number of alkyl halides is 6. The molecule has 1 N–H and O–H groups in total. The van der Waals surface area contributed by atoms with Crippen LogP contribution in [-0.4, -0.2) is 18.6 Å². The zero-order chi connectivity index (χ0) is 19.5. The summed E-state index contributed by atoms with van der Waals surface area (Å²) in [6.07, 6.45) is -6.86. The number of hydrogen-bond acceptors (Lipinski definition) is 3. The van der Waals surface area contributed by atoms with Crippen LogP contribution in [0.1, 0.15) is 29.5 Å². The molecule has 0 spiro atoms. The fourth-order valence-electron chi connectivity index (χ4n) is 2.43. The van der Waals surface area contributed by atoms with Gasteiger partial charge in [0.1, 0.15) is 0 Å². The van der Waals surface area contributed by atoms with Gasteiger partial charge in [0.2, 0.25) is 0 Å². The molecule has 0 fully saturated rings. The van der Waals surface area contributed by atoms with E-state index in [1.807, 2.05) is 14.0 Å². The van der Waals surface area contributed by atoms with E-state index < -0.39 is 23.5 Å². The highest BCUT2D eigenvalue weighted by Gasteiger charge is 2.37. The SMILES string of the molecule is CNCCC(C)Cc1ncc(-c2cc(C(F)(F)F)cc(C(F)(F)F)c2)s1. The van der Waals surface area contributed by atoms with Gasteiger partial charge in [0.15, 0.2) is 0 Å². The molecule has 0 saturated heterocycles. The van der Waals surface area contributed by atoms with Crippen LogP contribution in [0.15, 0.2) is 24.4 Å². The molecule has 26 heavy (non-hydrogen) atoms. The van der Waals surface area contributed by atoms with E-state index >= 15 is 0 Å². The molecular weight excluding hydrogens is 378 g/mol. The van der Waals surface area contributed by atoms with E-state index in [1.165, 1.54) is 6.20 Å². The van der Waals surface area contributed by atoms with Gasteiger partial charge in [-0.1, -0.05) is 6.92 Å². The van der Waals surface area contributed by atoms with Crippen LogP contribution in [0.4, 0.5) is 26.3 Å². The first-order valence-corrected chi connectivity index (χ1v) is 8.71. The summed E-state index contributed by atoms with van der Waals surface area (Å²) in [5, 5.41) is 3.72. The summed E-state index contributed by atoms with van der Waals surface area (Å²) in [5.41, 5.74) is -2.77. The van der Waals surface area contributed by atoms with Crippen molar-refractivity contribution in [1.29, 1.82) is 0 Å². The first kappa shape index (κ1) is 20.7. The van der Waals surface area contributed by atoms with Gasteiger partial charge in [0.25, 0.3) is 0 Å². The monoisotopic (exact) mass is 396 g/mol. The predicted octanol–water partition coefficient (Wildman–Crippen LogP) is 5.64. The van der Waals surface area contributed by atoms with Crippen molar-refractivity contribution in [2.75, 3.05) is 13.6 Å². The van der Waals surface area contributed by atoms with Crippen LogP contribution in [-0.2, 0) is 18.8 Å². The van der Waals surface area contributed by atoms with Gasteiger partial charge in [-0.3, -0.25) is 0 Å². The normalized spacial score (nSPS) is 13.8. The minimum atomic E-state index is -4.86. The molecule has 0 bridgehead atoms. The molecule has 2 nitrogen and oxygen atoms in total. The Kier molecular flexibility index (Phi) is 6.33. The highest BCUT2D eigenvalue weighted by Crippen LogP contribution is 2.39. The Morgan fingerprint density at radius 3 is 2.12 bits per heavy atom. The first-order valence-electron chi connectivity index (χ1n) is 7.90. The second-order valence-electron chi connectivity index (χ2n) is 6.11. The first-order chi connectivity index (χ1) is 12.0. The van der Waals surface area contributed by atoms with E-state index in [9.17, 15) is 26.3 Å². The number of benzene rings is 1. The number of aromatic nitrogens is 1. The quantitative estimate of drug-likeness (QED) is 0.640. The van der Waals surface area contributed by atoms with Crippen molar-refractivity contribution in [2.24, 2.45) is 5.92 Å². The fourth-order valence-corrected chi connectivity index (χ4v) is 3.49. The van der Waals surface area contributed by atoms with E-state index in [1.54, 1.807) is 0 Å². The van der Waals surface area contributed by atoms with Gasteiger partial charge >= 0.3 is 12.4 Å². The molecule has 0 saturated carbocycles. The minimum absolute atomic E-state index is 0.126. The lowest BCUT2D eigenvalue weighted by Gasteiger charge is -2.13. The third-order valence-electron chi connectivity index (χ3n) is 3.84. The lowest BCUT2D eigenvalue weighted by atomic mass is 10.0. The number of nitrogens with zero attached hydrogens (tertiary/aromatic N) is 1. The van der Waals surface area contributed by atoms with Gasteiger partial charge in [0, 0.05) is 12.6 Å². The zero-order valence-electron chi connectivity index (χ0n) is 14.1. The number of halogens is 6. The lowest BCUT2D eigenvalue weighted by Crippen LogP contribution is -2.12. The molecule has 0 aliphatic carbocycles. The Hall–Kier alpha value is -1.61. The average molecular weight is 396 g/mol. The topological polar surface area (TPSA) is 24.9 Å². The summed E-state index contributed by atoms with van der Waals surface area (Å²) in [6.45, 7) is 2.84. The summed E-state index contributed by atoms with van der Waals surface area (Å²) in [4.78, 5) is 4.45. The molecule has 9 heteroatoms. The molecule has 1 unspecified atom stereocenters. The molecule has 2 rings (SSSR count). The lowest BCUT2D eigenvalue weighted by molar-refractivity contribution is -0.143. The molecular formula is C17H18F6N2S. The summed E-state index contributed by atoms with van der Waals surface area (Å²) in [7, 11) is 1.83. The van der Waals surface area contributed by atoms with Crippen LogP contribution in [0, 0.1) is 5.92 Å². The van der Waals surface area contributed by atoms with Crippen LogP contribution in [0.2, 0.25) is 0 Å². The van der Waals surface area contributed by atoms with Crippen molar-refractivity contribution < 1.29 is 26.3 Å². The molecule has 1 aromatic carbocycles. The van der Waals surface area contributed by atoms with Crippen LogP contribution in [0.25, 0.3) is 10.4 Å². The highest BCUT2D eigenvalue weighted by molar-refractivity contribution is 7.15. The van der Waals surface area contributed by atoms with Crippen molar-refractivity contribution in [2.45, 2.75) is 32.1 Å². The Morgan fingerprint density at radius 1 is 1.04 bits per heavy atom. The van der Waals surface area contributed by atoms with Crippen LogP contribution < -0.4 is 5.32 Å². The van der Waals surface area contributed by atoms with E-state index in [0.29, 0.717) is 17.3 Å². The van der Waals surface area contributed by atoms with E-state index in [0.717, 1.165) is 36.4 Å². The van der Waals surface area contributed by atoms with Crippen molar-refractivity contribution >= 4 is 11.3 Å². The molecule has 1 heterocycles. The highest BCUT2D eigenvalue weighted by atomic mass is 32.1. The maximum Gasteiger partial charge on any atom is 0.416 e. The summed E-state index contributed by atoms with van der Waals surface area (Å²) >= 11 is 1.12. The number of rotatable bonds is 6. The van der Waals surface area contributed by atoms with E-state index in [2.05, 4.69) is 10.3 Å². The van der Waals surface area contributed by atoms with Gasteiger partial charge in [-0.05, 0) is 49.7 Å². The van der Waals surface area contributed by atoms with E-state index in [4.69, 9.17) is 0 Å². The number of hydrogen-bond donors (Lipinski definition) is 1. The molecule has 1 atom stereocenters. The molecule has 1 aromatic heterocycles. The van der Waals surface area contributed by atoms with Crippen LogP contribution in [0.5, 0.6) is 0 Å². The maximum atomic E-state index is 13.0. The Labute approximate surface area is 151 Å². The van der Waals surface area contributed by atoms with E-state index in [-0.39, 0.29) is 16.5 Å². The molecule has 0 radical (unpaired) electrons. The third kappa shape index (κ3) is 5.44. The second kappa shape index (κ2) is 7.96. The standard InChI is InChI=1S/C17H18F6N2S/c1-10(3-4-24-2)5-15-25-9-14(26-15)11-6-12(16(18,19)20)8-13(7-11)17(21,22)23/h6-10,24H,3-5H2,1-2H3. The smallest absolute Gasteiger partial charge is 0.320 e. The Bertz CT molecular complexity index is 703. The number of thiazole rings is 1. The maximum absolute atomic E-state index is 13.0. The largest absolute Gasteiger partial charge is 0.416 e. The average Bonchev–Trinajstić information content (AvgIpc) is 2.99. The van der Waals surface area contributed by atoms with Crippen molar-refractivity contribution in [3.05, 3.63) is 40.5 Å².